The zero-order chi connectivity index (χ0) is 24.0. The van der Waals surface area contributed by atoms with E-state index in [0.29, 0.717) is 17.0 Å². The average Bonchev–Trinajstić information content (AvgIpc) is 2.79. The van der Waals surface area contributed by atoms with Gasteiger partial charge in [-0.25, -0.2) is 0 Å². The quantitative estimate of drug-likeness (QED) is 0.269. The van der Waals surface area contributed by atoms with Gasteiger partial charge in [0.2, 0.25) is 0 Å². The van der Waals surface area contributed by atoms with Crippen LogP contribution in [-0.4, -0.2) is 48.0 Å². The molecule has 2 N–H and O–H groups in total. The number of amides is 3. The summed E-state index contributed by atoms with van der Waals surface area (Å²) in [6.45, 7) is 5.40. The van der Waals surface area contributed by atoms with Gasteiger partial charge in [0.25, 0.3) is 17.7 Å². The van der Waals surface area contributed by atoms with Gasteiger partial charge in [0, 0.05) is 17.8 Å². The van der Waals surface area contributed by atoms with Crippen LogP contribution in [0.3, 0.4) is 0 Å². The molecular formula is C24H23N3O5S. The van der Waals surface area contributed by atoms with Crippen LogP contribution >= 0.6 is 12.2 Å². The summed E-state index contributed by atoms with van der Waals surface area (Å²) in [6.07, 6.45) is 2.89. The molecule has 3 rings (SSSR count). The molecule has 33 heavy (non-hydrogen) atoms. The van der Waals surface area contributed by atoms with Gasteiger partial charge >= 0.3 is 0 Å². The van der Waals surface area contributed by atoms with Gasteiger partial charge in [-0.3, -0.25) is 24.6 Å². The number of nitrogens with one attached hydrogen (secondary N) is 2. The first-order chi connectivity index (χ1) is 15.8. The molecular weight excluding hydrogens is 442 g/mol. The first kappa shape index (κ1) is 23.7. The topological polar surface area (TPSA) is 97.0 Å². The normalized spacial score (nSPS) is 14.7. The number of carbonyl (C=O) groups excluding carboxylic acids is 3. The van der Waals surface area contributed by atoms with Crippen LogP contribution in [0.4, 0.5) is 5.69 Å². The van der Waals surface area contributed by atoms with E-state index in [0.717, 1.165) is 5.56 Å². The molecule has 0 unspecified atom stereocenters. The molecule has 0 atom stereocenters. The number of benzene rings is 2. The molecule has 0 aliphatic carbocycles. The van der Waals surface area contributed by atoms with Crippen molar-refractivity contribution in [1.82, 2.24) is 10.2 Å². The highest BCUT2D eigenvalue weighted by atomic mass is 32.1. The van der Waals surface area contributed by atoms with Crippen LogP contribution in [0, 0.1) is 6.92 Å². The first-order valence-electron chi connectivity index (χ1n) is 10.00. The maximum Gasteiger partial charge on any atom is 0.265 e. The Morgan fingerprint density at radius 3 is 2.61 bits per heavy atom. The molecule has 1 saturated heterocycles. The van der Waals surface area contributed by atoms with E-state index in [1.807, 2.05) is 19.1 Å². The molecule has 2 aromatic rings. The van der Waals surface area contributed by atoms with Crippen LogP contribution in [0.1, 0.15) is 11.1 Å². The molecule has 1 aliphatic heterocycles. The number of methoxy groups -OCH3 is 1. The van der Waals surface area contributed by atoms with E-state index in [1.165, 1.54) is 24.2 Å². The van der Waals surface area contributed by atoms with Gasteiger partial charge in [-0.2, -0.15) is 0 Å². The average molecular weight is 466 g/mol. The highest BCUT2D eigenvalue weighted by Crippen LogP contribution is 2.33. The van der Waals surface area contributed by atoms with Crippen molar-refractivity contribution in [2.24, 2.45) is 0 Å². The molecule has 0 spiro atoms. The summed E-state index contributed by atoms with van der Waals surface area (Å²) < 4.78 is 11.1. The predicted molar refractivity (Wildman–Crippen MR) is 129 cm³/mol. The van der Waals surface area contributed by atoms with Crippen LogP contribution in [0.15, 0.2) is 60.7 Å². The number of anilines is 1. The first-order valence-corrected chi connectivity index (χ1v) is 10.4. The van der Waals surface area contributed by atoms with Gasteiger partial charge in [-0.15, -0.1) is 6.58 Å². The zero-order valence-corrected chi connectivity index (χ0v) is 19.0. The Kier molecular flexibility index (Phi) is 7.57. The second-order valence-electron chi connectivity index (χ2n) is 7.10. The molecule has 3 amide bonds. The highest BCUT2D eigenvalue weighted by molar-refractivity contribution is 7.80. The van der Waals surface area contributed by atoms with E-state index in [-0.39, 0.29) is 35.5 Å². The fourth-order valence-electron chi connectivity index (χ4n) is 3.08. The summed E-state index contributed by atoms with van der Waals surface area (Å²) >= 11 is 5.07. The van der Waals surface area contributed by atoms with Crippen LogP contribution in [0.5, 0.6) is 11.5 Å². The van der Waals surface area contributed by atoms with Crippen molar-refractivity contribution in [3.05, 3.63) is 71.8 Å². The summed E-state index contributed by atoms with van der Waals surface area (Å²) in [7, 11) is 1.45. The monoisotopic (exact) mass is 465 g/mol. The van der Waals surface area contributed by atoms with Crippen molar-refractivity contribution in [2.45, 2.75) is 6.92 Å². The predicted octanol–water partition coefficient (Wildman–Crippen LogP) is 2.83. The van der Waals surface area contributed by atoms with Gasteiger partial charge in [0.1, 0.15) is 5.57 Å². The van der Waals surface area contributed by atoms with E-state index in [4.69, 9.17) is 21.7 Å². The standard InChI is InChI=1S/C24H23N3O5S/c1-4-12-27-23(30)18(22(29)26-24(27)33)13-16-6-5-7-19(31-3)21(16)32-14-20(28)25-17-10-8-15(2)9-11-17/h4-11,13H,1,12,14H2,2-3H3,(H,25,28)(H,26,29,33)/b18-13-. The van der Waals surface area contributed by atoms with Gasteiger partial charge in [0.15, 0.2) is 23.2 Å². The number of hydrogen-bond acceptors (Lipinski definition) is 6. The summed E-state index contributed by atoms with van der Waals surface area (Å²) in [5.74, 6) is -1.01. The maximum absolute atomic E-state index is 12.8. The van der Waals surface area contributed by atoms with Crippen molar-refractivity contribution < 1.29 is 23.9 Å². The molecule has 9 heteroatoms. The minimum atomic E-state index is -0.629. The SMILES string of the molecule is C=CCN1C(=O)/C(=C\c2cccc(OC)c2OCC(=O)Nc2ccc(C)cc2)C(=O)NC1=S. The number of aryl methyl sites for hydroxylation is 1. The zero-order valence-electron chi connectivity index (χ0n) is 18.2. The van der Waals surface area contributed by atoms with Crippen LogP contribution in [0.25, 0.3) is 6.08 Å². The van der Waals surface area contributed by atoms with E-state index in [2.05, 4.69) is 17.2 Å². The Bertz CT molecular complexity index is 1140. The van der Waals surface area contributed by atoms with E-state index < -0.39 is 11.8 Å². The molecule has 0 saturated carbocycles. The third kappa shape index (κ3) is 5.64. The summed E-state index contributed by atoms with van der Waals surface area (Å²) in [5, 5.41) is 5.25. The number of rotatable bonds is 8. The van der Waals surface area contributed by atoms with Crippen LogP contribution < -0.4 is 20.1 Å². The number of ether oxygens (including phenoxy) is 2. The lowest BCUT2D eigenvalue weighted by Gasteiger charge is -2.28. The van der Waals surface area contributed by atoms with Crippen LogP contribution in [0.2, 0.25) is 0 Å². The lowest BCUT2D eigenvalue weighted by Crippen LogP contribution is -2.53. The van der Waals surface area contributed by atoms with Gasteiger partial charge in [0.05, 0.1) is 7.11 Å². The third-order valence-electron chi connectivity index (χ3n) is 4.71. The van der Waals surface area contributed by atoms with E-state index in [9.17, 15) is 14.4 Å². The number of hydrogen-bond donors (Lipinski definition) is 2. The minimum Gasteiger partial charge on any atom is -0.493 e. The number of carbonyl (C=O) groups is 3. The van der Waals surface area contributed by atoms with Crippen molar-refractivity contribution in [2.75, 3.05) is 25.6 Å². The van der Waals surface area contributed by atoms with Crippen molar-refractivity contribution in [3.63, 3.8) is 0 Å². The Balaban J connectivity index is 1.85. The Morgan fingerprint density at radius 1 is 1.21 bits per heavy atom. The van der Waals surface area contributed by atoms with E-state index in [1.54, 1.807) is 30.3 Å². The molecule has 0 bridgehead atoms. The number of thiocarbonyl (C=S) groups is 1. The molecule has 8 nitrogen and oxygen atoms in total. The molecule has 170 valence electrons. The van der Waals surface area contributed by atoms with E-state index >= 15 is 0 Å². The molecule has 1 fully saturated rings. The van der Waals surface area contributed by atoms with Gasteiger partial charge in [-0.05, 0) is 43.4 Å². The lowest BCUT2D eigenvalue weighted by molar-refractivity contribution is -0.128. The van der Waals surface area contributed by atoms with Crippen molar-refractivity contribution in [3.8, 4) is 11.5 Å². The summed E-state index contributed by atoms with van der Waals surface area (Å²) in [4.78, 5) is 38.9. The fourth-order valence-corrected chi connectivity index (χ4v) is 3.33. The molecule has 2 aromatic carbocycles. The molecule has 1 heterocycles. The second kappa shape index (κ2) is 10.6. The third-order valence-corrected chi connectivity index (χ3v) is 5.03. The number of nitrogens with zero attached hydrogens (tertiary/aromatic N) is 1. The largest absolute Gasteiger partial charge is 0.493 e. The minimum absolute atomic E-state index is 0.0111. The summed E-state index contributed by atoms with van der Waals surface area (Å²) in [5.41, 5.74) is 1.97. The maximum atomic E-state index is 12.8. The molecule has 0 aromatic heterocycles. The highest BCUT2D eigenvalue weighted by Gasteiger charge is 2.33. The Hall–Kier alpha value is -3.98. The lowest BCUT2D eigenvalue weighted by atomic mass is 10.1. The molecule has 0 radical (unpaired) electrons. The van der Waals surface area contributed by atoms with Crippen LogP contribution in [-0.2, 0) is 14.4 Å². The Labute approximate surface area is 196 Å². The van der Waals surface area contributed by atoms with Gasteiger partial charge in [-0.1, -0.05) is 35.9 Å². The fraction of sp³-hybridized carbons (Fsp3) is 0.167. The van der Waals surface area contributed by atoms with Crippen molar-refractivity contribution >= 4 is 46.8 Å². The Morgan fingerprint density at radius 2 is 1.94 bits per heavy atom. The van der Waals surface area contributed by atoms with Crippen molar-refractivity contribution in [1.29, 1.82) is 0 Å². The second-order valence-corrected chi connectivity index (χ2v) is 7.49. The molecule has 1 aliphatic rings. The summed E-state index contributed by atoms with van der Waals surface area (Å²) in [6, 6.07) is 12.3. The van der Waals surface area contributed by atoms with Gasteiger partial charge < -0.3 is 14.8 Å². The smallest absolute Gasteiger partial charge is 0.265 e. The number of para-hydroxylation sites is 1.